The van der Waals surface area contributed by atoms with Gasteiger partial charge in [-0.3, -0.25) is 0 Å². The molecule has 4 aromatic carbocycles. The molecule has 0 saturated heterocycles. The lowest BCUT2D eigenvalue weighted by atomic mass is 9.82. The van der Waals surface area contributed by atoms with Crippen LogP contribution in [0.2, 0.25) is 0 Å². The van der Waals surface area contributed by atoms with Gasteiger partial charge >= 0.3 is 0 Å². The van der Waals surface area contributed by atoms with Gasteiger partial charge in [-0.1, -0.05) is 73.5 Å². The van der Waals surface area contributed by atoms with Crippen LogP contribution < -0.4 is 4.74 Å². The molecule has 2 nitrogen and oxygen atoms in total. The Morgan fingerprint density at radius 1 is 0.759 bits per heavy atom. The summed E-state index contributed by atoms with van der Waals surface area (Å²) in [6.45, 7) is 0.535. The van der Waals surface area contributed by atoms with Crippen molar-refractivity contribution in [1.29, 1.82) is 0 Å². The predicted molar refractivity (Wildman–Crippen MR) is 119 cm³/mol. The van der Waals surface area contributed by atoms with E-state index in [0.29, 0.717) is 6.61 Å². The second-order valence-corrected chi connectivity index (χ2v) is 8.11. The van der Waals surface area contributed by atoms with E-state index >= 15 is 0 Å². The van der Waals surface area contributed by atoms with Crippen LogP contribution in [0.1, 0.15) is 42.7 Å². The maximum absolute atomic E-state index is 10.3. The second-order valence-electron chi connectivity index (χ2n) is 8.11. The van der Waals surface area contributed by atoms with Gasteiger partial charge in [-0.25, -0.2) is 0 Å². The number of benzene rings is 4. The Labute approximate surface area is 171 Å². The zero-order valence-electron chi connectivity index (χ0n) is 16.6. The maximum Gasteiger partial charge on any atom is 0.119 e. The first-order valence-electron chi connectivity index (χ1n) is 10.6. The molecule has 29 heavy (non-hydrogen) atoms. The van der Waals surface area contributed by atoms with Crippen molar-refractivity contribution in [3.05, 3.63) is 90.0 Å². The fourth-order valence-corrected chi connectivity index (χ4v) is 4.73. The lowest BCUT2D eigenvalue weighted by Crippen LogP contribution is -2.22. The predicted octanol–water partition coefficient (Wildman–Crippen LogP) is 6.59. The first kappa shape index (κ1) is 18.2. The maximum atomic E-state index is 10.3. The Balaban J connectivity index is 1.41. The van der Waals surface area contributed by atoms with Crippen LogP contribution in [0.25, 0.3) is 21.5 Å². The van der Waals surface area contributed by atoms with Crippen LogP contribution in [0, 0.1) is 0 Å². The lowest BCUT2D eigenvalue weighted by molar-refractivity contribution is 0.106. The molecule has 2 heteroatoms. The molecule has 0 spiro atoms. The molecule has 0 heterocycles. The number of hydrogen-bond acceptors (Lipinski definition) is 2. The van der Waals surface area contributed by atoms with Crippen molar-refractivity contribution in [1.82, 2.24) is 0 Å². The first-order chi connectivity index (χ1) is 14.3. The van der Waals surface area contributed by atoms with Crippen molar-refractivity contribution in [3.8, 4) is 5.75 Å². The Morgan fingerprint density at radius 3 is 2.03 bits per heavy atom. The van der Waals surface area contributed by atoms with Crippen molar-refractivity contribution in [2.45, 2.75) is 44.3 Å². The van der Waals surface area contributed by atoms with Gasteiger partial charge in [0.15, 0.2) is 0 Å². The Hall–Kier alpha value is -2.84. The molecule has 1 fully saturated rings. The average molecular weight is 383 g/mol. The van der Waals surface area contributed by atoms with E-state index in [-0.39, 0.29) is 12.0 Å². The van der Waals surface area contributed by atoms with Gasteiger partial charge in [-0.15, -0.1) is 0 Å². The average Bonchev–Trinajstić information content (AvgIpc) is 2.77. The molecule has 5 rings (SSSR count). The summed E-state index contributed by atoms with van der Waals surface area (Å²) >= 11 is 0. The third-order valence-corrected chi connectivity index (χ3v) is 6.30. The summed E-state index contributed by atoms with van der Waals surface area (Å²) in [4.78, 5) is 0. The number of ether oxygens (including phenoxy) is 1. The lowest BCUT2D eigenvalue weighted by Gasteiger charge is -2.28. The van der Waals surface area contributed by atoms with Crippen LogP contribution in [-0.2, 0) is 6.61 Å². The van der Waals surface area contributed by atoms with Crippen molar-refractivity contribution >= 4 is 21.5 Å². The van der Waals surface area contributed by atoms with Crippen LogP contribution in [0.3, 0.4) is 0 Å². The summed E-state index contributed by atoms with van der Waals surface area (Å²) in [6, 6.07) is 27.6. The zero-order valence-corrected chi connectivity index (χ0v) is 16.6. The van der Waals surface area contributed by atoms with E-state index in [0.717, 1.165) is 25.0 Å². The SMILES string of the molecule is O[C@@H]1CCCC[C@H]1c1ccc(OCc2c3ccccc3cc3ccccc23)cc1. The fourth-order valence-electron chi connectivity index (χ4n) is 4.73. The number of aliphatic hydroxyl groups excluding tert-OH is 1. The van der Waals surface area contributed by atoms with Crippen LogP contribution in [0.15, 0.2) is 78.9 Å². The summed E-state index contributed by atoms with van der Waals surface area (Å²) in [5, 5.41) is 15.3. The second kappa shape index (κ2) is 7.88. The number of aliphatic hydroxyl groups is 1. The summed E-state index contributed by atoms with van der Waals surface area (Å²) < 4.78 is 6.21. The molecule has 1 saturated carbocycles. The molecular formula is C27H26O2. The highest BCUT2D eigenvalue weighted by atomic mass is 16.5. The third-order valence-electron chi connectivity index (χ3n) is 6.30. The van der Waals surface area contributed by atoms with Gasteiger partial charge in [-0.2, -0.15) is 0 Å². The minimum Gasteiger partial charge on any atom is -0.489 e. The molecule has 0 radical (unpaired) electrons. The standard InChI is InChI=1S/C27H26O2/c28-27-12-6-5-11-25(27)19-13-15-22(16-14-19)29-18-26-23-9-3-1-7-20(23)17-21-8-2-4-10-24(21)26/h1-4,7-10,13-17,25,27-28H,5-6,11-12,18H2/t25-,27+/m0/s1. The largest absolute Gasteiger partial charge is 0.489 e. The van der Waals surface area contributed by atoms with Gasteiger partial charge in [0, 0.05) is 11.5 Å². The van der Waals surface area contributed by atoms with Crippen molar-refractivity contribution in [2.24, 2.45) is 0 Å². The number of rotatable bonds is 4. The molecule has 146 valence electrons. The number of fused-ring (bicyclic) bond motifs is 2. The minimum atomic E-state index is -0.211. The van der Waals surface area contributed by atoms with Gasteiger partial charge in [0.25, 0.3) is 0 Å². The highest BCUT2D eigenvalue weighted by Crippen LogP contribution is 2.34. The van der Waals surface area contributed by atoms with E-state index in [4.69, 9.17) is 4.74 Å². The smallest absolute Gasteiger partial charge is 0.119 e. The van der Waals surface area contributed by atoms with Crippen molar-refractivity contribution in [2.75, 3.05) is 0 Å². The minimum absolute atomic E-state index is 0.211. The van der Waals surface area contributed by atoms with Crippen LogP contribution in [-0.4, -0.2) is 11.2 Å². The molecule has 1 aliphatic rings. The molecule has 4 aromatic rings. The Morgan fingerprint density at radius 2 is 1.38 bits per heavy atom. The molecule has 1 aliphatic carbocycles. The summed E-state index contributed by atoms with van der Waals surface area (Å²) in [5.74, 6) is 1.14. The Kier molecular flexibility index (Phi) is 4.95. The van der Waals surface area contributed by atoms with Gasteiger partial charge in [0.1, 0.15) is 12.4 Å². The first-order valence-corrected chi connectivity index (χ1v) is 10.6. The summed E-state index contributed by atoms with van der Waals surface area (Å²) in [7, 11) is 0. The van der Waals surface area contributed by atoms with Crippen LogP contribution in [0.5, 0.6) is 5.75 Å². The molecule has 0 unspecified atom stereocenters. The number of hydrogen-bond donors (Lipinski definition) is 1. The zero-order chi connectivity index (χ0) is 19.6. The van der Waals surface area contributed by atoms with Crippen molar-refractivity contribution in [3.63, 3.8) is 0 Å². The molecule has 0 bridgehead atoms. The third kappa shape index (κ3) is 3.61. The quantitative estimate of drug-likeness (QED) is 0.403. The molecule has 0 aliphatic heterocycles. The van der Waals surface area contributed by atoms with Gasteiger partial charge in [0.05, 0.1) is 6.10 Å². The van der Waals surface area contributed by atoms with Crippen LogP contribution in [0.4, 0.5) is 0 Å². The fraction of sp³-hybridized carbons (Fsp3) is 0.259. The van der Waals surface area contributed by atoms with E-state index < -0.39 is 0 Å². The monoisotopic (exact) mass is 382 g/mol. The summed E-state index contributed by atoms with van der Waals surface area (Å²) in [5.41, 5.74) is 2.45. The molecular weight excluding hydrogens is 356 g/mol. The van der Waals surface area contributed by atoms with E-state index in [9.17, 15) is 5.11 Å². The van der Waals surface area contributed by atoms with E-state index in [1.54, 1.807) is 0 Å². The molecule has 0 amide bonds. The molecule has 1 N–H and O–H groups in total. The Bertz CT molecular complexity index is 1080. The molecule has 0 aromatic heterocycles. The van der Waals surface area contributed by atoms with Gasteiger partial charge < -0.3 is 9.84 Å². The van der Waals surface area contributed by atoms with Crippen LogP contribution >= 0.6 is 0 Å². The van der Waals surface area contributed by atoms with E-state index in [1.165, 1.54) is 39.1 Å². The summed E-state index contributed by atoms with van der Waals surface area (Å²) in [6.07, 6.45) is 4.12. The van der Waals surface area contributed by atoms with Gasteiger partial charge in [-0.05, 0) is 58.1 Å². The molecule has 2 atom stereocenters. The normalized spacial score (nSPS) is 19.5. The van der Waals surface area contributed by atoms with Crippen molar-refractivity contribution < 1.29 is 9.84 Å². The topological polar surface area (TPSA) is 29.5 Å². The van der Waals surface area contributed by atoms with E-state index in [2.05, 4.69) is 66.7 Å². The highest BCUT2D eigenvalue weighted by Gasteiger charge is 2.24. The highest BCUT2D eigenvalue weighted by molar-refractivity contribution is 6.02. The van der Waals surface area contributed by atoms with Gasteiger partial charge in [0.2, 0.25) is 0 Å². The van der Waals surface area contributed by atoms with E-state index in [1.807, 2.05) is 12.1 Å².